The van der Waals surface area contributed by atoms with Crippen molar-refractivity contribution in [2.75, 3.05) is 24.3 Å². The van der Waals surface area contributed by atoms with E-state index >= 15 is 0 Å². The molecule has 2 heterocycles. The minimum atomic E-state index is -1.21. The quantitative estimate of drug-likeness (QED) is 0.535. The van der Waals surface area contributed by atoms with Gasteiger partial charge in [0.05, 0.1) is 19.3 Å². The molecule has 0 saturated carbocycles. The Morgan fingerprint density at radius 3 is 2.53 bits per heavy atom. The van der Waals surface area contributed by atoms with Crippen LogP contribution in [0.3, 0.4) is 0 Å². The fourth-order valence-corrected chi connectivity index (χ4v) is 6.05. The number of nitrogens with zero attached hydrogens (tertiary/aromatic N) is 2. The van der Waals surface area contributed by atoms with Crippen LogP contribution in [0.5, 0.6) is 5.75 Å². The number of carbonyl (C=O) groups excluding carboxylic acids is 2. The first-order valence-electron chi connectivity index (χ1n) is 10.8. The van der Waals surface area contributed by atoms with Crippen molar-refractivity contribution in [3.8, 4) is 5.75 Å². The molecule has 1 fully saturated rings. The molecule has 5 rings (SSSR count). The van der Waals surface area contributed by atoms with Gasteiger partial charge in [0.15, 0.2) is 16.5 Å². The summed E-state index contributed by atoms with van der Waals surface area (Å²) in [6.07, 6.45) is 0. The van der Waals surface area contributed by atoms with E-state index in [1.807, 2.05) is 25.1 Å². The van der Waals surface area contributed by atoms with E-state index in [-0.39, 0.29) is 18.4 Å². The van der Waals surface area contributed by atoms with Gasteiger partial charge in [-0.25, -0.2) is 8.78 Å². The molecule has 2 aliphatic heterocycles. The normalized spacial score (nSPS) is 19.1. The number of hydrogen-bond donors (Lipinski definition) is 0. The van der Waals surface area contributed by atoms with E-state index < -0.39 is 16.5 Å². The number of halogens is 2. The molecule has 2 aliphatic rings. The minimum absolute atomic E-state index is 0.0684. The third-order valence-electron chi connectivity index (χ3n) is 6.26. The van der Waals surface area contributed by atoms with Crippen LogP contribution in [0.4, 0.5) is 14.5 Å². The molecule has 174 valence electrons. The minimum Gasteiger partial charge on any atom is -0.497 e. The summed E-state index contributed by atoms with van der Waals surface area (Å²) in [5.41, 5.74) is 3.30. The van der Waals surface area contributed by atoms with Crippen LogP contribution in [-0.2, 0) is 16.2 Å². The molecule has 3 aromatic carbocycles. The summed E-state index contributed by atoms with van der Waals surface area (Å²) in [5, 5.41) is 0. The third-order valence-corrected chi connectivity index (χ3v) is 7.68. The SMILES string of the molecule is COc1ccc(C(=O)N2CCS[C@@]23C(=O)N(Cc2ccc(F)c(F)c2)c2ccc(C)cc23)cc1. The van der Waals surface area contributed by atoms with Crippen LogP contribution >= 0.6 is 11.8 Å². The average molecular weight is 481 g/mol. The molecule has 0 aliphatic carbocycles. The summed E-state index contributed by atoms with van der Waals surface area (Å²) in [4.78, 5) is 29.6. The summed E-state index contributed by atoms with van der Waals surface area (Å²) in [5.74, 6) is -1.18. The van der Waals surface area contributed by atoms with Gasteiger partial charge in [0.1, 0.15) is 5.75 Å². The Morgan fingerprint density at radius 2 is 1.82 bits per heavy atom. The molecule has 8 heteroatoms. The second kappa shape index (κ2) is 8.43. The number of aryl methyl sites for hydroxylation is 1. The average Bonchev–Trinajstić information content (AvgIpc) is 3.38. The summed E-state index contributed by atoms with van der Waals surface area (Å²) < 4.78 is 32.5. The van der Waals surface area contributed by atoms with Gasteiger partial charge in [0, 0.05) is 23.4 Å². The highest BCUT2D eigenvalue weighted by Crippen LogP contribution is 2.55. The van der Waals surface area contributed by atoms with Crippen molar-refractivity contribution in [1.29, 1.82) is 0 Å². The zero-order valence-corrected chi connectivity index (χ0v) is 19.5. The Morgan fingerprint density at radius 1 is 1.06 bits per heavy atom. The number of amides is 2. The molecule has 1 atom stereocenters. The Hall–Kier alpha value is -3.39. The maximum Gasteiger partial charge on any atom is 0.268 e. The lowest BCUT2D eigenvalue weighted by atomic mass is 10.0. The van der Waals surface area contributed by atoms with E-state index in [1.54, 1.807) is 41.2 Å². The molecule has 0 N–H and O–H groups in total. The van der Waals surface area contributed by atoms with Crippen molar-refractivity contribution >= 4 is 29.3 Å². The maximum atomic E-state index is 14.0. The molecule has 0 radical (unpaired) electrons. The lowest BCUT2D eigenvalue weighted by Gasteiger charge is -2.33. The molecule has 34 heavy (non-hydrogen) atoms. The number of ether oxygens (including phenoxy) is 1. The summed E-state index contributed by atoms with van der Waals surface area (Å²) >= 11 is 1.43. The van der Waals surface area contributed by atoms with Gasteiger partial charge in [-0.15, -0.1) is 11.8 Å². The van der Waals surface area contributed by atoms with E-state index in [4.69, 9.17) is 4.74 Å². The molecule has 1 spiro atoms. The van der Waals surface area contributed by atoms with Gasteiger partial charge in [-0.3, -0.25) is 9.59 Å². The van der Waals surface area contributed by atoms with Crippen molar-refractivity contribution in [2.45, 2.75) is 18.3 Å². The van der Waals surface area contributed by atoms with Crippen molar-refractivity contribution in [1.82, 2.24) is 4.90 Å². The number of rotatable bonds is 4. The number of carbonyl (C=O) groups is 2. The predicted molar refractivity (Wildman–Crippen MR) is 127 cm³/mol. The highest BCUT2D eigenvalue weighted by Gasteiger charge is 2.59. The number of fused-ring (bicyclic) bond motifs is 2. The monoisotopic (exact) mass is 480 g/mol. The standard InChI is InChI=1S/C26H22F2N2O3S/c1-16-3-10-23-20(13-16)26(25(32)29(23)15-17-4-9-21(27)22(28)14-17)30(11-12-34-26)24(31)18-5-7-19(33-2)8-6-18/h3-10,13-14H,11-12,15H2,1-2H3/t26-/m0/s1. The second-order valence-corrected chi connectivity index (χ2v) is 9.63. The van der Waals surface area contributed by atoms with Gasteiger partial charge in [-0.2, -0.15) is 0 Å². The molecule has 2 amide bonds. The van der Waals surface area contributed by atoms with Crippen molar-refractivity contribution < 1.29 is 23.1 Å². The first kappa shape index (κ1) is 22.4. The first-order chi connectivity index (χ1) is 16.3. The lowest BCUT2D eigenvalue weighted by Crippen LogP contribution is -2.50. The zero-order chi connectivity index (χ0) is 24.0. The highest BCUT2D eigenvalue weighted by atomic mass is 32.2. The van der Waals surface area contributed by atoms with Gasteiger partial charge in [0.2, 0.25) is 0 Å². The predicted octanol–water partition coefficient (Wildman–Crippen LogP) is 4.87. The van der Waals surface area contributed by atoms with Crippen LogP contribution in [0.2, 0.25) is 0 Å². The Labute approximate surface area is 200 Å². The maximum absolute atomic E-state index is 14.0. The Balaban J connectivity index is 1.57. The highest BCUT2D eigenvalue weighted by molar-refractivity contribution is 8.01. The number of methoxy groups -OCH3 is 1. The summed E-state index contributed by atoms with van der Waals surface area (Å²) in [6.45, 7) is 2.42. The van der Waals surface area contributed by atoms with Gasteiger partial charge < -0.3 is 14.5 Å². The molecular formula is C26H22F2N2O3S. The van der Waals surface area contributed by atoms with E-state index in [0.717, 1.165) is 23.3 Å². The topological polar surface area (TPSA) is 49.9 Å². The van der Waals surface area contributed by atoms with Gasteiger partial charge in [0.25, 0.3) is 11.8 Å². The zero-order valence-electron chi connectivity index (χ0n) is 18.7. The fourth-order valence-electron chi connectivity index (χ4n) is 4.60. The number of thioether (sulfide) groups is 1. The number of benzene rings is 3. The summed E-state index contributed by atoms with van der Waals surface area (Å²) in [7, 11) is 1.56. The first-order valence-corrected chi connectivity index (χ1v) is 11.8. The molecule has 5 nitrogen and oxygen atoms in total. The van der Waals surface area contributed by atoms with Gasteiger partial charge in [-0.1, -0.05) is 23.8 Å². The van der Waals surface area contributed by atoms with Crippen molar-refractivity contribution in [3.05, 3.63) is 94.6 Å². The van der Waals surface area contributed by atoms with E-state index in [1.165, 1.54) is 17.8 Å². The van der Waals surface area contributed by atoms with Crippen LogP contribution in [0.25, 0.3) is 0 Å². The largest absolute Gasteiger partial charge is 0.497 e. The third kappa shape index (κ3) is 3.44. The van der Waals surface area contributed by atoms with E-state index in [0.29, 0.717) is 34.9 Å². The lowest BCUT2D eigenvalue weighted by molar-refractivity contribution is -0.123. The molecule has 0 unspecified atom stereocenters. The molecule has 0 aromatic heterocycles. The van der Waals surface area contributed by atoms with E-state index in [9.17, 15) is 18.4 Å². The fraction of sp³-hybridized carbons (Fsp3) is 0.231. The number of anilines is 1. The van der Waals surface area contributed by atoms with Crippen LogP contribution < -0.4 is 9.64 Å². The molecular weight excluding hydrogens is 458 g/mol. The number of hydrogen-bond acceptors (Lipinski definition) is 4. The van der Waals surface area contributed by atoms with Crippen molar-refractivity contribution in [2.24, 2.45) is 0 Å². The summed E-state index contributed by atoms with van der Waals surface area (Å²) in [6, 6.07) is 16.1. The van der Waals surface area contributed by atoms with Gasteiger partial charge in [-0.05, 0) is 55.0 Å². The molecule has 1 saturated heterocycles. The second-order valence-electron chi connectivity index (χ2n) is 8.34. The van der Waals surface area contributed by atoms with E-state index in [2.05, 4.69) is 0 Å². The Bertz CT molecular complexity index is 1300. The van der Waals surface area contributed by atoms with Crippen LogP contribution in [0.1, 0.15) is 27.0 Å². The molecule has 3 aromatic rings. The van der Waals surface area contributed by atoms with Crippen LogP contribution in [0.15, 0.2) is 60.7 Å². The molecule has 0 bridgehead atoms. The Kier molecular flexibility index (Phi) is 5.56. The van der Waals surface area contributed by atoms with Crippen molar-refractivity contribution in [3.63, 3.8) is 0 Å². The van der Waals surface area contributed by atoms with Gasteiger partial charge >= 0.3 is 0 Å². The van der Waals surface area contributed by atoms with Crippen LogP contribution in [-0.4, -0.2) is 36.1 Å². The van der Waals surface area contributed by atoms with Crippen LogP contribution in [0, 0.1) is 18.6 Å². The smallest absolute Gasteiger partial charge is 0.268 e.